The summed E-state index contributed by atoms with van der Waals surface area (Å²) in [6.07, 6.45) is 2.46. The molecular weight excluding hydrogens is 228 g/mol. The Morgan fingerprint density at radius 2 is 2.06 bits per heavy atom. The van der Waals surface area contributed by atoms with Crippen LogP contribution in [-0.2, 0) is 6.54 Å². The molecule has 1 aromatic heterocycles. The molecule has 3 heteroatoms. The van der Waals surface area contributed by atoms with Crippen molar-refractivity contribution in [2.45, 2.75) is 46.2 Å². The van der Waals surface area contributed by atoms with E-state index in [2.05, 4.69) is 48.5 Å². The molecule has 0 fully saturated rings. The molecule has 0 saturated carbocycles. The summed E-state index contributed by atoms with van der Waals surface area (Å²) in [6, 6.07) is 5.05. The molecule has 0 bridgehead atoms. The van der Waals surface area contributed by atoms with Crippen LogP contribution in [0, 0.1) is 0 Å². The van der Waals surface area contributed by atoms with Gasteiger partial charge in [0.05, 0.1) is 0 Å². The molecular formula is C14H26N2S. The highest BCUT2D eigenvalue weighted by Gasteiger charge is 2.06. The van der Waals surface area contributed by atoms with Gasteiger partial charge in [0.1, 0.15) is 0 Å². The van der Waals surface area contributed by atoms with E-state index in [0.717, 1.165) is 26.2 Å². The van der Waals surface area contributed by atoms with Crippen molar-refractivity contribution in [2.75, 3.05) is 19.6 Å². The van der Waals surface area contributed by atoms with Gasteiger partial charge in [-0.3, -0.25) is 4.90 Å². The molecule has 0 unspecified atom stereocenters. The zero-order valence-electron chi connectivity index (χ0n) is 11.4. The Bertz CT molecular complexity index is 268. The summed E-state index contributed by atoms with van der Waals surface area (Å²) in [5.74, 6) is 0. The second kappa shape index (κ2) is 8.67. The Hall–Kier alpha value is -0.380. The highest BCUT2D eigenvalue weighted by atomic mass is 32.1. The maximum atomic E-state index is 3.63. The normalized spacial score (nSPS) is 11.6. The highest BCUT2D eigenvalue weighted by Crippen LogP contribution is 2.11. The van der Waals surface area contributed by atoms with Gasteiger partial charge in [0.15, 0.2) is 0 Å². The van der Waals surface area contributed by atoms with Crippen molar-refractivity contribution in [3.8, 4) is 0 Å². The molecule has 0 aliphatic carbocycles. The van der Waals surface area contributed by atoms with Crippen molar-refractivity contribution < 1.29 is 0 Å². The zero-order valence-corrected chi connectivity index (χ0v) is 12.2. The van der Waals surface area contributed by atoms with Gasteiger partial charge in [-0.25, -0.2) is 0 Å². The third kappa shape index (κ3) is 5.66. The van der Waals surface area contributed by atoms with Crippen LogP contribution >= 0.6 is 11.3 Å². The molecule has 0 saturated heterocycles. The van der Waals surface area contributed by atoms with E-state index in [0.29, 0.717) is 6.04 Å². The third-order valence-electron chi connectivity index (χ3n) is 3.25. The van der Waals surface area contributed by atoms with Crippen LogP contribution < -0.4 is 5.32 Å². The SMILES string of the molecule is CCC(CC)NCCN(CC)Cc1cccs1. The van der Waals surface area contributed by atoms with Crippen LogP contribution in [0.5, 0.6) is 0 Å². The van der Waals surface area contributed by atoms with E-state index in [4.69, 9.17) is 0 Å². The molecule has 1 N–H and O–H groups in total. The van der Waals surface area contributed by atoms with Gasteiger partial charge in [-0.15, -0.1) is 11.3 Å². The molecule has 2 nitrogen and oxygen atoms in total. The van der Waals surface area contributed by atoms with Gasteiger partial charge in [-0.05, 0) is 30.8 Å². The van der Waals surface area contributed by atoms with Crippen LogP contribution in [0.25, 0.3) is 0 Å². The minimum Gasteiger partial charge on any atom is -0.313 e. The average Bonchev–Trinajstić information content (AvgIpc) is 2.86. The van der Waals surface area contributed by atoms with Crippen LogP contribution in [0.15, 0.2) is 17.5 Å². The molecule has 0 aliphatic rings. The zero-order chi connectivity index (χ0) is 12.5. The van der Waals surface area contributed by atoms with Gasteiger partial charge in [0.25, 0.3) is 0 Å². The van der Waals surface area contributed by atoms with Crippen LogP contribution in [0.1, 0.15) is 38.5 Å². The fourth-order valence-corrected chi connectivity index (χ4v) is 2.72. The Balaban J connectivity index is 2.23. The van der Waals surface area contributed by atoms with Crippen LogP contribution in [0.3, 0.4) is 0 Å². The molecule has 0 spiro atoms. The average molecular weight is 254 g/mol. The molecule has 0 atom stereocenters. The van der Waals surface area contributed by atoms with E-state index in [1.165, 1.54) is 17.7 Å². The monoisotopic (exact) mass is 254 g/mol. The maximum absolute atomic E-state index is 3.63. The Morgan fingerprint density at radius 1 is 1.29 bits per heavy atom. The van der Waals surface area contributed by atoms with Crippen molar-refractivity contribution in [1.82, 2.24) is 10.2 Å². The lowest BCUT2D eigenvalue weighted by atomic mass is 10.2. The Morgan fingerprint density at radius 3 is 2.59 bits per heavy atom. The molecule has 0 radical (unpaired) electrons. The smallest absolute Gasteiger partial charge is 0.0328 e. The summed E-state index contributed by atoms with van der Waals surface area (Å²) in [7, 11) is 0. The topological polar surface area (TPSA) is 15.3 Å². The summed E-state index contributed by atoms with van der Waals surface area (Å²) in [6.45, 7) is 11.2. The number of thiophene rings is 1. The lowest BCUT2D eigenvalue weighted by Gasteiger charge is -2.22. The van der Waals surface area contributed by atoms with E-state index in [-0.39, 0.29) is 0 Å². The first kappa shape index (κ1) is 14.7. The van der Waals surface area contributed by atoms with Gasteiger partial charge < -0.3 is 5.32 Å². The second-order valence-electron chi connectivity index (χ2n) is 4.42. The summed E-state index contributed by atoms with van der Waals surface area (Å²) < 4.78 is 0. The predicted octanol–water partition coefficient (Wildman–Crippen LogP) is 3.35. The summed E-state index contributed by atoms with van der Waals surface area (Å²) >= 11 is 1.85. The number of rotatable bonds is 9. The van der Waals surface area contributed by atoms with E-state index in [9.17, 15) is 0 Å². The first-order valence-electron chi connectivity index (χ1n) is 6.78. The minimum atomic E-state index is 0.690. The predicted molar refractivity (Wildman–Crippen MR) is 77.6 cm³/mol. The quantitative estimate of drug-likeness (QED) is 0.727. The second-order valence-corrected chi connectivity index (χ2v) is 5.45. The van der Waals surface area contributed by atoms with Crippen LogP contribution in [0.2, 0.25) is 0 Å². The minimum absolute atomic E-state index is 0.690. The lowest BCUT2D eigenvalue weighted by Crippen LogP contribution is -2.36. The lowest BCUT2D eigenvalue weighted by molar-refractivity contribution is 0.275. The van der Waals surface area contributed by atoms with Crippen molar-refractivity contribution in [3.63, 3.8) is 0 Å². The van der Waals surface area contributed by atoms with Crippen LogP contribution in [0.4, 0.5) is 0 Å². The molecule has 1 rings (SSSR count). The molecule has 17 heavy (non-hydrogen) atoms. The van der Waals surface area contributed by atoms with Gasteiger partial charge in [0.2, 0.25) is 0 Å². The number of nitrogens with one attached hydrogen (secondary N) is 1. The molecule has 0 aliphatic heterocycles. The first-order valence-corrected chi connectivity index (χ1v) is 7.66. The fraction of sp³-hybridized carbons (Fsp3) is 0.714. The summed E-state index contributed by atoms with van der Waals surface area (Å²) in [4.78, 5) is 3.97. The van der Waals surface area contributed by atoms with Crippen molar-refractivity contribution in [1.29, 1.82) is 0 Å². The van der Waals surface area contributed by atoms with Gasteiger partial charge in [0, 0.05) is 30.6 Å². The Labute approximate surface area is 110 Å². The number of hydrogen-bond donors (Lipinski definition) is 1. The fourth-order valence-electron chi connectivity index (χ4n) is 1.98. The van der Waals surface area contributed by atoms with Crippen molar-refractivity contribution in [2.24, 2.45) is 0 Å². The van der Waals surface area contributed by atoms with Crippen molar-refractivity contribution >= 4 is 11.3 Å². The van der Waals surface area contributed by atoms with E-state index in [1.54, 1.807) is 0 Å². The van der Waals surface area contributed by atoms with E-state index >= 15 is 0 Å². The third-order valence-corrected chi connectivity index (χ3v) is 4.11. The molecule has 0 aromatic carbocycles. The maximum Gasteiger partial charge on any atom is 0.0328 e. The van der Waals surface area contributed by atoms with E-state index in [1.807, 2.05) is 11.3 Å². The number of likely N-dealkylation sites (N-methyl/N-ethyl adjacent to an activating group) is 1. The van der Waals surface area contributed by atoms with Crippen LogP contribution in [-0.4, -0.2) is 30.6 Å². The van der Waals surface area contributed by atoms with E-state index < -0.39 is 0 Å². The van der Waals surface area contributed by atoms with Gasteiger partial charge in [-0.2, -0.15) is 0 Å². The number of nitrogens with zero attached hydrogens (tertiary/aromatic N) is 1. The molecule has 98 valence electrons. The van der Waals surface area contributed by atoms with Gasteiger partial charge >= 0.3 is 0 Å². The largest absolute Gasteiger partial charge is 0.313 e. The first-order chi connectivity index (χ1) is 8.30. The highest BCUT2D eigenvalue weighted by molar-refractivity contribution is 7.09. The standard InChI is InChI=1S/C14H26N2S/c1-4-13(5-2)15-9-10-16(6-3)12-14-8-7-11-17-14/h7-8,11,13,15H,4-6,9-10,12H2,1-3H3. The summed E-state index contributed by atoms with van der Waals surface area (Å²) in [5, 5.41) is 5.78. The molecule has 1 heterocycles. The Kier molecular flexibility index (Phi) is 7.49. The molecule has 0 amide bonds. The summed E-state index contributed by atoms with van der Waals surface area (Å²) in [5.41, 5.74) is 0. The van der Waals surface area contributed by atoms with Gasteiger partial charge in [-0.1, -0.05) is 26.8 Å². The number of hydrogen-bond acceptors (Lipinski definition) is 3. The molecule has 1 aromatic rings. The van der Waals surface area contributed by atoms with Crippen molar-refractivity contribution in [3.05, 3.63) is 22.4 Å².